The van der Waals surface area contributed by atoms with Gasteiger partial charge in [0.1, 0.15) is 0 Å². The van der Waals surface area contributed by atoms with E-state index in [0.29, 0.717) is 12.5 Å². The Morgan fingerprint density at radius 1 is 1.23 bits per heavy atom. The molecule has 0 aromatic rings. The molecule has 0 aromatic heterocycles. The first-order chi connectivity index (χ1) is 6.40. The summed E-state index contributed by atoms with van der Waals surface area (Å²) < 4.78 is 5.34. The van der Waals surface area contributed by atoms with Crippen LogP contribution in [0.4, 0.5) is 0 Å². The summed E-state index contributed by atoms with van der Waals surface area (Å²) in [5.74, 6) is 0.530. The van der Waals surface area contributed by atoms with Gasteiger partial charge < -0.3 is 9.84 Å². The SMILES string of the molecule is OC[C@@H]1CCN(C2CCOCC2)C1. The Labute approximate surface area is 79.7 Å². The van der Waals surface area contributed by atoms with Gasteiger partial charge in [0.25, 0.3) is 0 Å². The minimum absolute atomic E-state index is 0.361. The average Bonchev–Trinajstić information content (AvgIpc) is 2.67. The molecule has 1 atom stereocenters. The van der Waals surface area contributed by atoms with Crippen LogP contribution >= 0.6 is 0 Å². The van der Waals surface area contributed by atoms with Crippen molar-refractivity contribution >= 4 is 0 Å². The molecule has 76 valence electrons. The number of hydrogen-bond acceptors (Lipinski definition) is 3. The Kier molecular flexibility index (Phi) is 3.19. The van der Waals surface area contributed by atoms with Crippen LogP contribution in [0.2, 0.25) is 0 Å². The van der Waals surface area contributed by atoms with Crippen LogP contribution in [0.5, 0.6) is 0 Å². The lowest BCUT2D eigenvalue weighted by Crippen LogP contribution is -2.38. The molecule has 2 heterocycles. The Morgan fingerprint density at radius 3 is 2.62 bits per heavy atom. The Morgan fingerprint density at radius 2 is 2.00 bits per heavy atom. The molecule has 2 aliphatic heterocycles. The predicted octanol–water partition coefficient (Wildman–Crippen LogP) is 0.480. The molecule has 0 aliphatic carbocycles. The highest BCUT2D eigenvalue weighted by Gasteiger charge is 2.28. The fourth-order valence-corrected chi connectivity index (χ4v) is 2.39. The average molecular weight is 185 g/mol. The lowest BCUT2D eigenvalue weighted by atomic mass is 10.1. The van der Waals surface area contributed by atoms with E-state index in [2.05, 4.69) is 4.90 Å². The van der Waals surface area contributed by atoms with Crippen molar-refractivity contribution in [2.75, 3.05) is 32.9 Å². The van der Waals surface area contributed by atoms with E-state index in [-0.39, 0.29) is 0 Å². The third-order valence-electron chi connectivity index (χ3n) is 3.28. The minimum atomic E-state index is 0.361. The second-order valence-corrected chi connectivity index (χ2v) is 4.18. The van der Waals surface area contributed by atoms with Gasteiger partial charge in [0.2, 0.25) is 0 Å². The molecule has 0 aromatic carbocycles. The largest absolute Gasteiger partial charge is 0.396 e. The molecule has 0 amide bonds. The summed E-state index contributed by atoms with van der Waals surface area (Å²) in [6, 6.07) is 0.727. The van der Waals surface area contributed by atoms with Gasteiger partial charge in [0.15, 0.2) is 0 Å². The molecule has 2 saturated heterocycles. The van der Waals surface area contributed by atoms with E-state index >= 15 is 0 Å². The highest BCUT2D eigenvalue weighted by molar-refractivity contribution is 4.82. The molecule has 0 bridgehead atoms. The molecule has 2 fully saturated rings. The third-order valence-corrected chi connectivity index (χ3v) is 3.28. The minimum Gasteiger partial charge on any atom is -0.396 e. The van der Waals surface area contributed by atoms with Crippen molar-refractivity contribution in [3.05, 3.63) is 0 Å². The van der Waals surface area contributed by atoms with Crippen LogP contribution in [-0.4, -0.2) is 49.0 Å². The maximum absolute atomic E-state index is 9.03. The van der Waals surface area contributed by atoms with E-state index in [4.69, 9.17) is 9.84 Å². The van der Waals surface area contributed by atoms with Crippen LogP contribution in [0.1, 0.15) is 19.3 Å². The van der Waals surface area contributed by atoms with Gasteiger partial charge in [-0.2, -0.15) is 0 Å². The van der Waals surface area contributed by atoms with Crippen LogP contribution in [0.25, 0.3) is 0 Å². The van der Waals surface area contributed by atoms with E-state index in [0.717, 1.165) is 25.8 Å². The van der Waals surface area contributed by atoms with Crippen molar-refractivity contribution in [3.63, 3.8) is 0 Å². The molecular formula is C10H19NO2. The molecule has 0 unspecified atom stereocenters. The number of hydrogen-bond donors (Lipinski definition) is 1. The summed E-state index contributed by atoms with van der Waals surface area (Å²) in [5, 5.41) is 9.03. The second kappa shape index (κ2) is 4.40. The van der Waals surface area contributed by atoms with E-state index < -0.39 is 0 Å². The van der Waals surface area contributed by atoms with Gasteiger partial charge in [-0.25, -0.2) is 0 Å². The zero-order chi connectivity index (χ0) is 9.10. The number of likely N-dealkylation sites (tertiary alicyclic amines) is 1. The van der Waals surface area contributed by atoms with Crippen molar-refractivity contribution in [3.8, 4) is 0 Å². The first-order valence-electron chi connectivity index (χ1n) is 5.33. The molecule has 2 rings (SSSR count). The number of nitrogens with zero attached hydrogens (tertiary/aromatic N) is 1. The van der Waals surface area contributed by atoms with Crippen molar-refractivity contribution in [2.45, 2.75) is 25.3 Å². The summed E-state index contributed by atoms with van der Waals surface area (Å²) in [5.41, 5.74) is 0. The van der Waals surface area contributed by atoms with Crippen molar-refractivity contribution in [1.29, 1.82) is 0 Å². The molecule has 3 nitrogen and oxygen atoms in total. The van der Waals surface area contributed by atoms with E-state index in [1.807, 2.05) is 0 Å². The lowest BCUT2D eigenvalue weighted by Gasteiger charge is -2.30. The van der Waals surface area contributed by atoms with Gasteiger partial charge in [-0.15, -0.1) is 0 Å². The number of aliphatic hydroxyl groups is 1. The van der Waals surface area contributed by atoms with Crippen LogP contribution in [-0.2, 0) is 4.74 Å². The van der Waals surface area contributed by atoms with Gasteiger partial charge in [0.05, 0.1) is 0 Å². The Bertz CT molecular complexity index is 157. The van der Waals surface area contributed by atoms with Crippen LogP contribution < -0.4 is 0 Å². The first kappa shape index (κ1) is 9.44. The fourth-order valence-electron chi connectivity index (χ4n) is 2.39. The van der Waals surface area contributed by atoms with Gasteiger partial charge >= 0.3 is 0 Å². The Balaban J connectivity index is 1.80. The predicted molar refractivity (Wildman–Crippen MR) is 50.6 cm³/mol. The first-order valence-corrected chi connectivity index (χ1v) is 5.33. The molecule has 1 N–H and O–H groups in total. The van der Waals surface area contributed by atoms with Gasteiger partial charge in [0, 0.05) is 32.4 Å². The van der Waals surface area contributed by atoms with E-state index in [9.17, 15) is 0 Å². The summed E-state index contributed by atoms with van der Waals surface area (Å²) in [6.45, 7) is 4.48. The molecule has 3 heteroatoms. The number of ether oxygens (including phenoxy) is 1. The van der Waals surface area contributed by atoms with E-state index in [1.54, 1.807) is 0 Å². The molecule has 13 heavy (non-hydrogen) atoms. The van der Waals surface area contributed by atoms with Crippen LogP contribution in [0.3, 0.4) is 0 Å². The third kappa shape index (κ3) is 2.22. The lowest BCUT2D eigenvalue weighted by molar-refractivity contribution is 0.0402. The van der Waals surface area contributed by atoms with Crippen molar-refractivity contribution in [2.24, 2.45) is 5.92 Å². The summed E-state index contributed by atoms with van der Waals surface area (Å²) >= 11 is 0. The summed E-state index contributed by atoms with van der Waals surface area (Å²) in [4.78, 5) is 2.53. The van der Waals surface area contributed by atoms with Crippen LogP contribution in [0, 0.1) is 5.92 Å². The van der Waals surface area contributed by atoms with Gasteiger partial charge in [-0.05, 0) is 31.7 Å². The van der Waals surface area contributed by atoms with Gasteiger partial charge in [-0.1, -0.05) is 0 Å². The van der Waals surface area contributed by atoms with Crippen molar-refractivity contribution < 1.29 is 9.84 Å². The Hall–Kier alpha value is -0.120. The van der Waals surface area contributed by atoms with Crippen molar-refractivity contribution in [1.82, 2.24) is 4.90 Å². The molecule has 0 saturated carbocycles. The second-order valence-electron chi connectivity index (χ2n) is 4.18. The smallest absolute Gasteiger partial charge is 0.0480 e. The maximum atomic E-state index is 9.03. The standard InChI is InChI=1S/C10H19NO2/c12-8-9-1-4-11(7-9)10-2-5-13-6-3-10/h9-10,12H,1-8H2/t9-/m1/s1. The zero-order valence-corrected chi connectivity index (χ0v) is 8.11. The summed E-state index contributed by atoms with van der Waals surface area (Å²) in [6.07, 6.45) is 3.53. The zero-order valence-electron chi connectivity index (χ0n) is 8.11. The van der Waals surface area contributed by atoms with Crippen LogP contribution in [0.15, 0.2) is 0 Å². The molecule has 0 spiro atoms. The topological polar surface area (TPSA) is 32.7 Å². The molecule has 0 radical (unpaired) electrons. The number of rotatable bonds is 2. The quantitative estimate of drug-likeness (QED) is 0.679. The maximum Gasteiger partial charge on any atom is 0.0480 e. The monoisotopic (exact) mass is 185 g/mol. The highest BCUT2D eigenvalue weighted by atomic mass is 16.5. The highest BCUT2D eigenvalue weighted by Crippen LogP contribution is 2.22. The van der Waals surface area contributed by atoms with Gasteiger partial charge in [-0.3, -0.25) is 4.90 Å². The number of aliphatic hydroxyl groups excluding tert-OH is 1. The molecule has 2 aliphatic rings. The normalized spacial score (nSPS) is 32.5. The van der Waals surface area contributed by atoms with E-state index in [1.165, 1.54) is 25.8 Å². The fraction of sp³-hybridized carbons (Fsp3) is 1.00. The summed E-state index contributed by atoms with van der Waals surface area (Å²) in [7, 11) is 0. The molecular weight excluding hydrogens is 166 g/mol.